The average molecular weight is 207 g/mol. The van der Waals surface area contributed by atoms with Gasteiger partial charge in [-0.05, 0) is 18.2 Å². The molecule has 0 aromatic heterocycles. The van der Waals surface area contributed by atoms with Gasteiger partial charge >= 0.3 is 6.03 Å². The van der Waals surface area contributed by atoms with Crippen molar-refractivity contribution in [3.63, 3.8) is 0 Å². The number of hydrogen-bond acceptors (Lipinski definition) is 2. The van der Waals surface area contributed by atoms with Crippen molar-refractivity contribution in [1.29, 1.82) is 5.26 Å². The fraction of sp³-hybridized carbons (Fsp3) is 0.200. The number of carbonyl (C=O) groups is 1. The molecule has 0 spiro atoms. The minimum Gasteiger partial charge on any atom is -0.337 e. The lowest BCUT2D eigenvalue weighted by Crippen LogP contribution is -2.29. The normalized spacial score (nSPS) is 9.07. The minimum absolute atomic E-state index is 0.247. The summed E-state index contributed by atoms with van der Waals surface area (Å²) in [4.78, 5) is 11.1. The number of carbonyl (C=O) groups excluding carboxylic acids is 1. The van der Waals surface area contributed by atoms with Crippen molar-refractivity contribution in [3.05, 3.63) is 30.1 Å². The van der Waals surface area contributed by atoms with Crippen molar-refractivity contribution in [2.24, 2.45) is 0 Å². The van der Waals surface area contributed by atoms with Gasteiger partial charge in [0.25, 0.3) is 0 Å². The molecule has 5 heteroatoms. The molecule has 0 unspecified atom stereocenters. The Morgan fingerprint density at radius 2 is 2.33 bits per heavy atom. The topological polar surface area (TPSA) is 64.9 Å². The van der Waals surface area contributed by atoms with E-state index in [4.69, 9.17) is 5.26 Å². The van der Waals surface area contributed by atoms with E-state index in [0.29, 0.717) is 5.69 Å². The number of amides is 2. The molecule has 0 bridgehead atoms. The molecule has 0 atom stereocenters. The van der Waals surface area contributed by atoms with Crippen LogP contribution in [-0.2, 0) is 0 Å². The molecular weight excluding hydrogens is 197 g/mol. The number of anilines is 1. The third-order valence-electron chi connectivity index (χ3n) is 1.60. The number of benzene rings is 1. The molecule has 0 aliphatic carbocycles. The summed E-state index contributed by atoms with van der Waals surface area (Å²) < 4.78 is 12.7. The van der Waals surface area contributed by atoms with Crippen LogP contribution >= 0.6 is 0 Å². The van der Waals surface area contributed by atoms with Crippen molar-refractivity contribution < 1.29 is 9.18 Å². The molecule has 0 aliphatic heterocycles. The van der Waals surface area contributed by atoms with Crippen molar-refractivity contribution >= 4 is 11.7 Å². The lowest BCUT2D eigenvalue weighted by atomic mass is 10.3. The van der Waals surface area contributed by atoms with Crippen LogP contribution in [0.25, 0.3) is 0 Å². The van der Waals surface area contributed by atoms with E-state index < -0.39 is 11.8 Å². The number of halogens is 1. The zero-order chi connectivity index (χ0) is 11.1. The molecule has 15 heavy (non-hydrogen) atoms. The minimum atomic E-state index is -0.448. The van der Waals surface area contributed by atoms with Crippen LogP contribution in [0.15, 0.2) is 24.3 Å². The maximum atomic E-state index is 12.7. The summed E-state index contributed by atoms with van der Waals surface area (Å²) in [7, 11) is 0. The summed E-state index contributed by atoms with van der Waals surface area (Å²) in [6.45, 7) is 0.275. The van der Waals surface area contributed by atoms with Crippen LogP contribution in [0.2, 0.25) is 0 Å². The molecule has 4 nitrogen and oxygen atoms in total. The Labute approximate surface area is 86.7 Å². The molecular formula is C10H10FN3O. The molecule has 0 heterocycles. The average Bonchev–Trinajstić information content (AvgIpc) is 2.18. The van der Waals surface area contributed by atoms with Gasteiger partial charge in [0.2, 0.25) is 0 Å². The Balaban J connectivity index is 2.42. The Morgan fingerprint density at radius 3 is 3.00 bits per heavy atom. The summed E-state index contributed by atoms with van der Waals surface area (Å²) in [6.07, 6.45) is 0.247. The van der Waals surface area contributed by atoms with Gasteiger partial charge in [0, 0.05) is 12.2 Å². The van der Waals surface area contributed by atoms with Crippen molar-refractivity contribution in [3.8, 4) is 6.07 Å². The van der Waals surface area contributed by atoms with Crippen LogP contribution in [0.5, 0.6) is 0 Å². The summed E-state index contributed by atoms with van der Waals surface area (Å²) in [6, 6.07) is 7.02. The highest BCUT2D eigenvalue weighted by molar-refractivity contribution is 5.89. The Bertz CT molecular complexity index is 386. The lowest BCUT2D eigenvalue weighted by molar-refractivity contribution is 0.252. The number of hydrogen-bond donors (Lipinski definition) is 2. The standard InChI is InChI=1S/C10H10FN3O/c11-8-3-1-4-9(7-8)14-10(15)13-6-2-5-12/h1,3-4,7H,2,6H2,(H2,13,14,15). The molecule has 0 saturated heterocycles. The van der Waals surface area contributed by atoms with E-state index in [1.807, 2.05) is 6.07 Å². The second-order valence-electron chi connectivity index (χ2n) is 2.80. The van der Waals surface area contributed by atoms with Crippen molar-refractivity contribution in [1.82, 2.24) is 5.32 Å². The van der Waals surface area contributed by atoms with Gasteiger partial charge in [-0.15, -0.1) is 0 Å². The van der Waals surface area contributed by atoms with Gasteiger partial charge in [0.05, 0.1) is 12.5 Å². The van der Waals surface area contributed by atoms with Crippen LogP contribution in [0.4, 0.5) is 14.9 Å². The van der Waals surface area contributed by atoms with E-state index in [-0.39, 0.29) is 13.0 Å². The number of rotatable bonds is 3. The van der Waals surface area contributed by atoms with Crippen LogP contribution < -0.4 is 10.6 Å². The fourth-order valence-corrected chi connectivity index (χ4v) is 0.973. The first-order chi connectivity index (χ1) is 7.22. The van der Waals surface area contributed by atoms with Crippen LogP contribution in [0, 0.1) is 17.1 Å². The summed E-state index contributed by atoms with van der Waals surface area (Å²) in [5, 5.41) is 13.1. The van der Waals surface area contributed by atoms with Gasteiger partial charge in [-0.3, -0.25) is 0 Å². The predicted molar refractivity (Wildman–Crippen MR) is 53.7 cm³/mol. The molecule has 1 aromatic carbocycles. The maximum absolute atomic E-state index is 12.7. The molecule has 2 amide bonds. The number of nitrogens with one attached hydrogen (secondary N) is 2. The molecule has 2 N–H and O–H groups in total. The highest BCUT2D eigenvalue weighted by Gasteiger charge is 2.00. The van der Waals surface area contributed by atoms with E-state index in [1.165, 1.54) is 18.2 Å². The highest BCUT2D eigenvalue weighted by Crippen LogP contribution is 2.08. The van der Waals surface area contributed by atoms with Gasteiger partial charge in [-0.1, -0.05) is 6.07 Å². The smallest absolute Gasteiger partial charge is 0.319 e. The molecule has 0 saturated carbocycles. The van der Waals surface area contributed by atoms with Crippen LogP contribution in [0.1, 0.15) is 6.42 Å². The van der Waals surface area contributed by atoms with E-state index in [9.17, 15) is 9.18 Å². The quantitative estimate of drug-likeness (QED) is 0.743. The highest BCUT2D eigenvalue weighted by atomic mass is 19.1. The van der Waals surface area contributed by atoms with E-state index >= 15 is 0 Å². The molecule has 1 rings (SSSR count). The van der Waals surface area contributed by atoms with Crippen LogP contribution in [-0.4, -0.2) is 12.6 Å². The van der Waals surface area contributed by atoms with E-state index in [0.717, 1.165) is 0 Å². The first kappa shape index (κ1) is 11.0. The zero-order valence-electron chi connectivity index (χ0n) is 7.96. The molecule has 78 valence electrons. The van der Waals surface area contributed by atoms with Gasteiger partial charge < -0.3 is 10.6 Å². The lowest BCUT2D eigenvalue weighted by Gasteiger charge is -2.05. The van der Waals surface area contributed by atoms with Crippen LogP contribution in [0.3, 0.4) is 0 Å². The molecule has 0 radical (unpaired) electrons. The van der Waals surface area contributed by atoms with Gasteiger partial charge in [-0.2, -0.15) is 5.26 Å². The van der Waals surface area contributed by atoms with Crippen molar-refractivity contribution in [2.75, 3.05) is 11.9 Å². The Morgan fingerprint density at radius 1 is 1.53 bits per heavy atom. The SMILES string of the molecule is N#CCCNC(=O)Nc1cccc(F)c1. The molecule has 1 aromatic rings. The first-order valence-electron chi connectivity index (χ1n) is 4.40. The fourth-order valence-electron chi connectivity index (χ4n) is 0.973. The number of urea groups is 1. The molecule has 0 aliphatic rings. The monoisotopic (exact) mass is 207 g/mol. The summed E-state index contributed by atoms with van der Waals surface area (Å²) >= 11 is 0. The summed E-state index contributed by atoms with van der Waals surface area (Å²) in [5.74, 6) is -0.412. The van der Waals surface area contributed by atoms with Gasteiger partial charge in [0.15, 0.2) is 0 Å². The van der Waals surface area contributed by atoms with E-state index in [1.54, 1.807) is 6.07 Å². The second-order valence-corrected chi connectivity index (χ2v) is 2.80. The van der Waals surface area contributed by atoms with E-state index in [2.05, 4.69) is 10.6 Å². The predicted octanol–water partition coefficient (Wildman–Crippen LogP) is 1.86. The maximum Gasteiger partial charge on any atom is 0.319 e. The second kappa shape index (κ2) is 5.60. The number of nitrogens with zero attached hydrogens (tertiary/aromatic N) is 1. The largest absolute Gasteiger partial charge is 0.337 e. The van der Waals surface area contributed by atoms with Gasteiger partial charge in [0.1, 0.15) is 5.82 Å². The zero-order valence-corrected chi connectivity index (χ0v) is 7.96. The van der Waals surface area contributed by atoms with Gasteiger partial charge in [-0.25, -0.2) is 9.18 Å². The third kappa shape index (κ3) is 4.09. The number of nitriles is 1. The Kier molecular flexibility index (Phi) is 4.10. The molecule has 0 fully saturated rings. The first-order valence-corrected chi connectivity index (χ1v) is 4.40. The third-order valence-corrected chi connectivity index (χ3v) is 1.60. The van der Waals surface area contributed by atoms with Crippen molar-refractivity contribution in [2.45, 2.75) is 6.42 Å². The summed E-state index contributed by atoms with van der Waals surface area (Å²) in [5.41, 5.74) is 0.379. The Hall–Kier alpha value is -2.09.